The van der Waals surface area contributed by atoms with Crippen LogP contribution in [-0.2, 0) is 11.3 Å². The molecule has 0 unspecified atom stereocenters. The SMILES string of the molecule is NC(N)=NCc1ccccc1OCCF.O=C(O)C(F)(F)F. The van der Waals surface area contributed by atoms with Gasteiger partial charge in [0, 0.05) is 5.56 Å². The molecule has 6 nitrogen and oxygen atoms in total. The highest BCUT2D eigenvalue weighted by Gasteiger charge is 2.38. The van der Waals surface area contributed by atoms with Crippen LogP contribution < -0.4 is 16.2 Å². The third kappa shape index (κ3) is 8.61. The van der Waals surface area contributed by atoms with E-state index in [0.717, 1.165) is 5.56 Å². The quantitative estimate of drug-likeness (QED) is 0.431. The second kappa shape index (κ2) is 9.42. The summed E-state index contributed by atoms with van der Waals surface area (Å²) in [6.07, 6.45) is -5.08. The van der Waals surface area contributed by atoms with Gasteiger partial charge in [0.2, 0.25) is 0 Å². The van der Waals surface area contributed by atoms with E-state index in [1.54, 1.807) is 6.07 Å². The molecule has 0 saturated carbocycles. The maximum Gasteiger partial charge on any atom is 0.490 e. The smallest absolute Gasteiger partial charge is 0.490 e. The second-order valence-electron chi connectivity index (χ2n) is 3.69. The van der Waals surface area contributed by atoms with Crippen LogP contribution in [0.3, 0.4) is 0 Å². The number of aliphatic carboxylic acids is 1. The number of rotatable bonds is 5. The number of carbonyl (C=O) groups is 1. The molecule has 0 bridgehead atoms. The molecule has 0 saturated heterocycles. The van der Waals surface area contributed by atoms with E-state index in [9.17, 15) is 17.6 Å². The average Bonchev–Trinajstić information content (AvgIpc) is 2.43. The van der Waals surface area contributed by atoms with E-state index in [2.05, 4.69) is 4.99 Å². The van der Waals surface area contributed by atoms with E-state index in [1.807, 2.05) is 18.2 Å². The van der Waals surface area contributed by atoms with Crippen molar-refractivity contribution in [3.63, 3.8) is 0 Å². The lowest BCUT2D eigenvalue weighted by molar-refractivity contribution is -0.192. The lowest BCUT2D eigenvalue weighted by Gasteiger charge is -2.08. The lowest BCUT2D eigenvalue weighted by Crippen LogP contribution is -2.22. The molecule has 1 aromatic carbocycles. The molecule has 0 aliphatic rings. The van der Waals surface area contributed by atoms with Crippen LogP contribution in [0.1, 0.15) is 5.56 Å². The van der Waals surface area contributed by atoms with Crippen LogP contribution in [0.25, 0.3) is 0 Å². The third-order valence-electron chi connectivity index (χ3n) is 1.98. The summed E-state index contributed by atoms with van der Waals surface area (Å²) in [4.78, 5) is 12.8. The fraction of sp³-hybridized carbons (Fsp3) is 0.333. The Hall–Kier alpha value is -2.52. The van der Waals surface area contributed by atoms with Crippen molar-refractivity contribution >= 4 is 11.9 Å². The predicted molar refractivity (Wildman–Crippen MR) is 71.1 cm³/mol. The molecule has 0 aliphatic heterocycles. The Morgan fingerprint density at radius 2 is 1.82 bits per heavy atom. The van der Waals surface area contributed by atoms with Gasteiger partial charge >= 0.3 is 12.1 Å². The minimum atomic E-state index is -5.08. The fourth-order valence-corrected chi connectivity index (χ4v) is 1.10. The summed E-state index contributed by atoms with van der Waals surface area (Å²) in [5, 5.41) is 7.12. The number of nitrogens with zero attached hydrogens (tertiary/aromatic N) is 1. The van der Waals surface area contributed by atoms with Gasteiger partial charge in [-0.05, 0) is 6.07 Å². The number of hydrogen-bond acceptors (Lipinski definition) is 3. The van der Waals surface area contributed by atoms with Crippen molar-refractivity contribution in [3.05, 3.63) is 29.8 Å². The minimum Gasteiger partial charge on any atom is -0.491 e. The third-order valence-corrected chi connectivity index (χ3v) is 1.98. The van der Waals surface area contributed by atoms with E-state index in [1.165, 1.54) is 0 Å². The zero-order valence-electron chi connectivity index (χ0n) is 11.3. The summed E-state index contributed by atoms with van der Waals surface area (Å²) in [6, 6.07) is 7.25. The molecule has 0 heterocycles. The first kappa shape index (κ1) is 19.5. The van der Waals surface area contributed by atoms with E-state index < -0.39 is 18.8 Å². The van der Waals surface area contributed by atoms with Crippen molar-refractivity contribution in [3.8, 4) is 5.75 Å². The van der Waals surface area contributed by atoms with Crippen molar-refractivity contribution in [1.29, 1.82) is 0 Å². The van der Waals surface area contributed by atoms with Gasteiger partial charge in [-0.15, -0.1) is 0 Å². The molecule has 5 N–H and O–H groups in total. The van der Waals surface area contributed by atoms with Crippen molar-refractivity contribution in [1.82, 2.24) is 0 Å². The number of ether oxygens (including phenoxy) is 1. The first-order chi connectivity index (χ1) is 10.2. The van der Waals surface area contributed by atoms with Crippen LogP contribution >= 0.6 is 0 Å². The molecular weight excluding hydrogens is 310 g/mol. The Balaban J connectivity index is 0.000000534. The Morgan fingerprint density at radius 1 is 1.27 bits per heavy atom. The Morgan fingerprint density at radius 3 is 2.27 bits per heavy atom. The highest BCUT2D eigenvalue weighted by atomic mass is 19.4. The summed E-state index contributed by atoms with van der Waals surface area (Å²) in [6.45, 7) is -0.139. The average molecular weight is 325 g/mol. The van der Waals surface area contributed by atoms with Crippen LogP contribution in [-0.4, -0.2) is 36.5 Å². The Bertz CT molecular complexity index is 503. The molecule has 1 rings (SSSR count). The molecule has 0 aliphatic carbocycles. The summed E-state index contributed by atoms with van der Waals surface area (Å²) >= 11 is 0. The highest BCUT2D eigenvalue weighted by Crippen LogP contribution is 2.18. The molecule has 0 aromatic heterocycles. The van der Waals surface area contributed by atoms with Gasteiger partial charge in [-0.1, -0.05) is 18.2 Å². The first-order valence-electron chi connectivity index (χ1n) is 5.80. The monoisotopic (exact) mass is 325 g/mol. The number of carboxylic acid groups (broad SMARTS) is 1. The molecule has 0 spiro atoms. The van der Waals surface area contributed by atoms with E-state index in [-0.39, 0.29) is 12.6 Å². The fourth-order valence-electron chi connectivity index (χ4n) is 1.10. The number of alkyl halides is 4. The lowest BCUT2D eigenvalue weighted by atomic mass is 10.2. The molecule has 0 radical (unpaired) electrons. The van der Waals surface area contributed by atoms with E-state index in [4.69, 9.17) is 26.1 Å². The molecular formula is C12H15F4N3O3. The van der Waals surface area contributed by atoms with Crippen LogP contribution in [0.2, 0.25) is 0 Å². The maximum atomic E-state index is 11.9. The normalized spacial score (nSPS) is 10.2. The number of para-hydroxylation sites is 1. The van der Waals surface area contributed by atoms with Gasteiger partial charge in [0.05, 0.1) is 6.54 Å². The van der Waals surface area contributed by atoms with Crippen molar-refractivity contribution in [2.75, 3.05) is 13.3 Å². The molecule has 0 amide bonds. The number of nitrogens with two attached hydrogens (primary N) is 2. The Kier molecular flexibility index (Phi) is 8.34. The van der Waals surface area contributed by atoms with Gasteiger partial charge < -0.3 is 21.3 Å². The summed E-state index contributed by atoms with van der Waals surface area (Å²) in [5.74, 6) is -2.12. The van der Waals surface area contributed by atoms with Crippen molar-refractivity contribution in [2.24, 2.45) is 16.5 Å². The van der Waals surface area contributed by atoms with Crippen LogP contribution in [0, 0.1) is 0 Å². The number of guanidine groups is 1. The van der Waals surface area contributed by atoms with Gasteiger partial charge in [0.25, 0.3) is 0 Å². The molecule has 10 heteroatoms. The predicted octanol–water partition coefficient (Wildman–Crippen LogP) is 1.44. The maximum absolute atomic E-state index is 11.9. The molecule has 0 fully saturated rings. The van der Waals surface area contributed by atoms with Crippen LogP contribution in [0.4, 0.5) is 17.6 Å². The topological polar surface area (TPSA) is 111 Å². The van der Waals surface area contributed by atoms with Gasteiger partial charge in [-0.3, -0.25) is 0 Å². The standard InChI is InChI=1S/C10H14FN3O.C2HF3O2/c11-5-6-15-9-4-2-1-3-8(9)7-14-10(12)13;3-2(4,5)1(6)7/h1-4H,5-7H2,(H4,12,13,14);(H,6,7). The number of aliphatic imine (C=N–C) groups is 1. The Labute approximate surface area is 123 Å². The van der Waals surface area contributed by atoms with Crippen molar-refractivity contribution in [2.45, 2.75) is 12.7 Å². The van der Waals surface area contributed by atoms with E-state index >= 15 is 0 Å². The second-order valence-corrected chi connectivity index (χ2v) is 3.69. The summed E-state index contributed by atoms with van der Waals surface area (Å²) in [5.41, 5.74) is 11.3. The number of hydrogen-bond donors (Lipinski definition) is 3. The van der Waals surface area contributed by atoms with E-state index in [0.29, 0.717) is 12.3 Å². The van der Waals surface area contributed by atoms with Crippen molar-refractivity contribution < 1.29 is 32.2 Å². The number of carboxylic acids is 1. The molecule has 22 heavy (non-hydrogen) atoms. The zero-order chi connectivity index (χ0) is 17.2. The highest BCUT2D eigenvalue weighted by molar-refractivity contribution is 5.75. The van der Waals surface area contributed by atoms with Gasteiger partial charge in [-0.25, -0.2) is 14.2 Å². The van der Waals surface area contributed by atoms with Gasteiger partial charge in [-0.2, -0.15) is 13.2 Å². The summed E-state index contributed by atoms with van der Waals surface area (Å²) in [7, 11) is 0. The van der Waals surface area contributed by atoms with Crippen LogP contribution in [0.15, 0.2) is 29.3 Å². The van der Waals surface area contributed by atoms with Gasteiger partial charge in [0.1, 0.15) is 19.0 Å². The summed E-state index contributed by atoms with van der Waals surface area (Å²) < 4.78 is 48.9. The van der Waals surface area contributed by atoms with Crippen LogP contribution in [0.5, 0.6) is 5.75 Å². The zero-order valence-corrected chi connectivity index (χ0v) is 11.3. The van der Waals surface area contributed by atoms with Gasteiger partial charge in [0.15, 0.2) is 5.96 Å². The molecule has 124 valence electrons. The first-order valence-corrected chi connectivity index (χ1v) is 5.80. The minimum absolute atomic E-state index is 0.0234. The number of halogens is 4. The molecule has 0 atom stereocenters. The molecule has 1 aromatic rings. The largest absolute Gasteiger partial charge is 0.491 e. The number of benzene rings is 1.